The Morgan fingerprint density at radius 3 is 2.56 bits per heavy atom. The Kier molecular flexibility index (Phi) is 6.72. The lowest BCUT2D eigenvalue weighted by Gasteiger charge is -2.41. The van der Waals surface area contributed by atoms with Crippen LogP contribution >= 0.6 is 0 Å². The van der Waals surface area contributed by atoms with Gasteiger partial charge in [0.25, 0.3) is 11.8 Å². The van der Waals surface area contributed by atoms with Crippen molar-refractivity contribution in [3.05, 3.63) is 59.2 Å². The van der Waals surface area contributed by atoms with Gasteiger partial charge in [0, 0.05) is 30.4 Å². The highest BCUT2D eigenvalue weighted by Gasteiger charge is 2.34. The molecule has 2 atom stereocenters. The molecule has 1 aliphatic heterocycles. The summed E-state index contributed by atoms with van der Waals surface area (Å²) in [6, 6.07) is 7.85. The second-order valence-corrected chi connectivity index (χ2v) is 8.57. The van der Waals surface area contributed by atoms with Gasteiger partial charge < -0.3 is 15.0 Å². The Hall–Kier alpha value is -2.96. The minimum Gasteiger partial charge on any atom is -0.493 e. The molecule has 1 heterocycles. The number of hydrogen-bond acceptors (Lipinski definition) is 3. The zero-order valence-corrected chi connectivity index (χ0v) is 18.2. The fraction of sp³-hybridized carbons (Fsp3) is 0.440. The van der Waals surface area contributed by atoms with Crippen molar-refractivity contribution in [1.29, 1.82) is 0 Å². The van der Waals surface area contributed by atoms with E-state index in [1.54, 1.807) is 18.2 Å². The van der Waals surface area contributed by atoms with Gasteiger partial charge in [-0.2, -0.15) is 0 Å². The number of fused-ring (bicyclic) bond motifs is 1. The molecule has 32 heavy (non-hydrogen) atoms. The van der Waals surface area contributed by atoms with Gasteiger partial charge in [-0.25, -0.2) is 8.78 Å². The predicted octanol–water partition coefficient (Wildman–Crippen LogP) is 5.27. The standard InChI is InChI=1S/C25H28F2N2O3/c1-2-32-23-14-19(28-24(30)17-7-10-21(26)22(27)13-17)8-9-20(23)25(31)29-12-11-16-5-3-4-6-18(16)15-29/h7-10,13-14,16,18H,2-6,11-12,15H2,1H3,(H,28,30)/t16-,18+/m1/s1. The zero-order chi connectivity index (χ0) is 22.7. The molecule has 1 N–H and O–H groups in total. The number of halogens is 2. The molecule has 0 spiro atoms. The molecule has 2 amide bonds. The van der Waals surface area contributed by atoms with Gasteiger partial charge in [0.05, 0.1) is 12.2 Å². The summed E-state index contributed by atoms with van der Waals surface area (Å²) in [7, 11) is 0. The maximum atomic E-state index is 13.4. The van der Waals surface area contributed by atoms with E-state index in [4.69, 9.17) is 4.74 Å². The first kappa shape index (κ1) is 22.2. The molecule has 2 aromatic carbocycles. The van der Waals surface area contributed by atoms with E-state index in [2.05, 4.69) is 5.32 Å². The number of ether oxygens (including phenoxy) is 1. The molecule has 0 unspecified atom stereocenters. The molecule has 7 heteroatoms. The van der Waals surface area contributed by atoms with Crippen LogP contribution < -0.4 is 10.1 Å². The van der Waals surface area contributed by atoms with Gasteiger partial charge in [-0.3, -0.25) is 9.59 Å². The monoisotopic (exact) mass is 442 g/mol. The Morgan fingerprint density at radius 2 is 1.81 bits per heavy atom. The van der Waals surface area contributed by atoms with Gasteiger partial charge >= 0.3 is 0 Å². The first-order chi connectivity index (χ1) is 15.5. The van der Waals surface area contributed by atoms with Crippen molar-refractivity contribution in [2.45, 2.75) is 39.0 Å². The Labute approximate surface area is 186 Å². The minimum absolute atomic E-state index is 0.00244. The van der Waals surface area contributed by atoms with Crippen molar-refractivity contribution in [3.8, 4) is 5.75 Å². The minimum atomic E-state index is -1.09. The summed E-state index contributed by atoms with van der Waals surface area (Å²) in [6.45, 7) is 3.73. The maximum absolute atomic E-state index is 13.4. The number of piperidine rings is 1. The normalized spacial score (nSPS) is 20.4. The number of amides is 2. The SMILES string of the molecule is CCOc1cc(NC(=O)c2ccc(F)c(F)c2)ccc1C(=O)N1CC[C@H]2CCCC[C@H]2C1. The fourth-order valence-electron chi connectivity index (χ4n) is 4.85. The van der Waals surface area contributed by atoms with Gasteiger partial charge in [-0.05, 0) is 61.9 Å². The van der Waals surface area contributed by atoms with Crippen molar-refractivity contribution in [1.82, 2.24) is 4.90 Å². The van der Waals surface area contributed by atoms with E-state index < -0.39 is 17.5 Å². The molecule has 5 nitrogen and oxygen atoms in total. The molecular weight excluding hydrogens is 414 g/mol. The molecule has 2 aliphatic rings. The summed E-state index contributed by atoms with van der Waals surface area (Å²) < 4.78 is 32.3. The predicted molar refractivity (Wildman–Crippen MR) is 118 cm³/mol. The third-order valence-electron chi connectivity index (χ3n) is 6.53. The van der Waals surface area contributed by atoms with Gasteiger partial charge in [-0.1, -0.05) is 19.3 Å². The Morgan fingerprint density at radius 1 is 1.03 bits per heavy atom. The fourth-order valence-corrected chi connectivity index (χ4v) is 4.85. The van der Waals surface area contributed by atoms with E-state index in [1.807, 2.05) is 11.8 Å². The van der Waals surface area contributed by atoms with Crippen LogP contribution in [-0.4, -0.2) is 36.4 Å². The van der Waals surface area contributed by atoms with E-state index in [0.29, 0.717) is 29.5 Å². The third kappa shape index (κ3) is 4.76. The average molecular weight is 443 g/mol. The number of nitrogens with zero attached hydrogens (tertiary/aromatic N) is 1. The van der Waals surface area contributed by atoms with Crippen LogP contribution in [0.25, 0.3) is 0 Å². The topological polar surface area (TPSA) is 58.6 Å². The molecule has 2 fully saturated rings. The quantitative estimate of drug-likeness (QED) is 0.687. The van der Waals surface area contributed by atoms with Gasteiger partial charge in [0.2, 0.25) is 0 Å². The van der Waals surface area contributed by atoms with Crippen LogP contribution in [0.15, 0.2) is 36.4 Å². The van der Waals surface area contributed by atoms with Crippen LogP contribution in [-0.2, 0) is 0 Å². The van der Waals surface area contributed by atoms with Crippen LogP contribution in [0.5, 0.6) is 5.75 Å². The lowest BCUT2D eigenvalue weighted by Crippen LogP contribution is -2.44. The summed E-state index contributed by atoms with van der Waals surface area (Å²) in [5.41, 5.74) is 0.870. The molecule has 1 saturated carbocycles. The van der Waals surface area contributed by atoms with Crippen molar-refractivity contribution >= 4 is 17.5 Å². The third-order valence-corrected chi connectivity index (χ3v) is 6.53. The molecular formula is C25H28F2N2O3. The Bertz CT molecular complexity index is 1010. The number of carbonyl (C=O) groups excluding carboxylic acids is 2. The number of anilines is 1. The molecule has 170 valence electrons. The van der Waals surface area contributed by atoms with Crippen LogP contribution in [0.2, 0.25) is 0 Å². The Balaban J connectivity index is 1.50. The van der Waals surface area contributed by atoms with Crippen LogP contribution in [0.1, 0.15) is 59.7 Å². The van der Waals surface area contributed by atoms with Crippen LogP contribution in [0.3, 0.4) is 0 Å². The van der Waals surface area contributed by atoms with E-state index in [9.17, 15) is 18.4 Å². The molecule has 0 aromatic heterocycles. The van der Waals surface area contributed by atoms with E-state index in [-0.39, 0.29) is 11.5 Å². The van der Waals surface area contributed by atoms with Crippen molar-refractivity contribution < 1.29 is 23.1 Å². The van der Waals surface area contributed by atoms with Crippen molar-refractivity contribution in [3.63, 3.8) is 0 Å². The summed E-state index contributed by atoms with van der Waals surface area (Å²) in [6.07, 6.45) is 6.02. The molecule has 2 aromatic rings. The highest BCUT2D eigenvalue weighted by Crippen LogP contribution is 2.37. The number of benzene rings is 2. The second kappa shape index (κ2) is 9.67. The second-order valence-electron chi connectivity index (χ2n) is 8.57. The van der Waals surface area contributed by atoms with E-state index in [0.717, 1.165) is 37.6 Å². The first-order valence-corrected chi connectivity index (χ1v) is 11.3. The lowest BCUT2D eigenvalue weighted by molar-refractivity contribution is 0.0517. The van der Waals surface area contributed by atoms with E-state index in [1.165, 1.54) is 31.7 Å². The maximum Gasteiger partial charge on any atom is 0.257 e. The molecule has 0 bridgehead atoms. The van der Waals surface area contributed by atoms with Crippen LogP contribution in [0, 0.1) is 23.5 Å². The number of rotatable bonds is 5. The number of hydrogen-bond donors (Lipinski definition) is 1. The molecule has 4 rings (SSSR count). The lowest BCUT2D eigenvalue weighted by atomic mass is 9.75. The highest BCUT2D eigenvalue weighted by atomic mass is 19.2. The van der Waals surface area contributed by atoms with Gasteiger partial charge in [0.1, 0.15) is 5.75 Å². The summed E-state index contributed by atoms with van der Waals surface area (Å²) >= 11 is 0. The van der Waals surface area contributed by atoms with E-state index >= 15 is 0 Å². The number of carbonyl (C=O) groups is 2. The number of likely N-dealkylation sites (tertiary alicyclic amines) is 1. The van der Waals surface area contributed by atoms with Gasteiger partial charge in [0.15, 0.2) is 11.6 Å². The summed E-state index contributed by atoms with van der Waals surface area (Å²) in [5.74, 6) is -1.04. The average Bonchev–Trinajstić information content (AvgIpc) is 2.80. The van der Waals surface area contributed by atoms with Crippen molar-refractivity contribution in [2.24, 2.45) is 11.8 Å². The molecule has 1 saturated heterocycles. The smallest absolute Gasteiger partial charge is 0.257 e. The first-order valence-electron chi connectivity index (χ1n) is 11.3. The van der Waals surface area contributed by atoms with Crippen molar-refractivity contribution in [2.75, 3.05) is 25.0 Å². The van der Waals surface area contributed by atoms with Gasteiger partial charge in [-0.15, -0.1) is 0 Å². The highest BCUT2D eigenvalue weighted by molar-refractivity contribution is 6.05. The number of nitrogens with one attached hydrogen (secondary N) is 1. The van der Waals surface area contributed by atoms with Crippen LogP contribution in [0.4, 0.5) is 14.5 Å². The zero-order valence-electron chi connectivity index (χ0n) is 18.2. The largest absolute Gasteiger partial charge is 0.493 e. The summed E-state index contributed by atoms with van der Waals surface area (Å²) in [5, 5.41) is 2.65. The molecule has 1 aliphatic carbocycles. The molecule has 0 radical (unpaired) electrons. The summed E-state index contributed by atoms with van der Waals surface area (Å²) in [4.78, 5) is 27.6.